The van der Waals surface area contributed by atoms with Crippen molar-refractivity contribution in [1.29, 1.82) is 0 Å². The number of carbonyl (C=O) groups is 1. The molecule has 2 rings (SSSR count). The smallest absolute Gasteiger partial charge is 0.253 e. The number of nitrogens with zero attached hydrogens (tertiary/aromatic N) is 3. The van der Waals surface area contributed by atoms with Crippen LogP contribution in [0.25, 0.3) is 0 Å². The van der Waals surface area contributed by atoms with Gasteiger partial charge in [0.1, 0.15) is 0 Å². The minimum Gasteiger partial charge on any atom is -0.397 e. The minimum absolute atomic E-state index is 0.192. The Morgan fingerprint density at radius 3 is 2.74 bits per heavy atom. The Morgan fingerprint density at radius 1 is 1.42 bits per heavy atom. The van der Waals surface area contributed by atoms with Crippen molar-refractivity contribution in [2.75, 3.05) is 5.73 Å². The highest BCUT2D eigenvalue weighted by Crippen LogP contribution is 2.11. The minimum atomic E-state index is -0.192. The molecular formula is C13H17N5O. The fraction of sp³-hybridized carbons (Fsp3) is 0.308. The lowest BCUT2D eigenvalue weighted by atomic mass is 10.2. The molecule has 0 saturated carbocycles. The molecular weight excluding hydrogens is 242 g/mol. The van der Waals surface area contributed by atoms with Crippen LogP contribution >= 0.6 is 0 Å². The van der Waals surface area contributed by atoms with E-state index in [-0.39, 0.29) is 5.91 Å². The van der Waals surface area contributed by atoms with E-state index in [2.05, 4.69) is 15.4 Å². The van der Waals surface area contributed by atoms with Crippen LogP contribution in [0.3, 0.4) is 0 Å². The van der Waals surface area contributed by atoms with Gasteiger partial charge in [0.2, 0.25) is 0 Å². The highest BCUT2D eigenvalue weighted by Gasteiger charge is 2.11. The highest BCUT2D eigenvalue weighted by molar-refractivity contribution is 5.94. The van der Waals surface area contributed by atoms with Crippen LogP contribution in [0.15, 0.2) is 18.5 Å². The van der Waals surface area contributed by atoms with E-state index < -0.39 is 0 Å². The molecule has 0 atom stereocenters. The number of carbonyl (C=O) groups excluding carboxylic acids is 1. The number of amides is 1. The summed E-state index contributed by atoms with van der Waals surface area (Å²) in [6, 6.07) is 1.60. The van der Waals surface area contributed by atoms with E-state index in [0.717, 1.165) is 17.0 Å². The molecule has 0 saturated heterocycles. The van der Waals surface area contributed by atoms with Crippen molar-refractivity contribution in [2.24, 2.45) is 7.05 Å². The van der Waals surface area contributed by atoms with E-state index in [9.17, 15) is 4.79 Å². The molecule has 6 nitrogen and oxygen atoms in total. The van der Waals surface area contributed by atoms with Crippen LogP contribution in [0.5, 0.6) is 0 Å². The summed E-state index contributed by atoms with van der Waals surface area (Å²) in [5.74, 6) is -0.192. The average molecular weight is 259 g/mol. The van der Waals surface area contributed by atoms with Gasteiger partial charge in [-0.1, -0.05) is 0 Å². The maximum atomic E-state index is 12.0. The first-order valence-electron chi connectivity index (χ1n) is 5.97. The fourth-order valence-electron chi connectivity index (χ4n) is 1.93. The first-order valence-corrected chi connectivity index (χ1v) is 5.97. The molecule has 3 N–H and O–H groups in total. The van der Waals surface area contributed by atoms with Crippen LogP contribution in [0.4, 0.5) is 5.69 Å². The van der Waals surface area contributed by atoms with Crippen molar-refractivity contribution in [2.45, 2.75) is 20.4 Å². The second kappa shape index (κ2) is 5.09. The summed E-state index contributed by atoms with van der Waals surface area (Å²) in [6.07, 6.45) is 3.00. The van der Waals surface area contributed by atoms with Crippen molar-refractivity contribution in [1.82, 2.24) is 20.1 Å². The number of aromatic nitrogens is 3. The third-order valence-electron chi connectivity index (χ3n) is 3.11. The zero-order valence-corrected chi connectivity index (χ0v) is 11.3. The molecule has 0 aliphatic heterocycles. The van der Waals surface area contributed by atoms with Crippen molar-refractivity contribution in [3.8, 4) is 0 Å². The molecule has 0 radical (unpaired) electrons. The summed E-state index contributed by atoms with van der Waals surface area (Å²) in [4.78, 5) is 15.9. The number of rotatable bonds is 3. The molecule has 0 fully saturated rings. The number of nitrogen functional groups attached to an aromatic ring is 1. The van der Waals surface area contributed by atoms with Crippen LogP contribution in [-0.4, -0.2) is 20.7 Å². The first kappa shape index (κ1) is 13.1. The molecule has 2 aromatic heterocycles. The zero-order chi connectivity index (χ0) is 14.0. The molecule has 2 heterocycles. The molecule has 1 amide bonds. The lowest BCUT2D eigenvalue weighted by Crippen LogP contribution is -2.23. The largest absolute Gasteiger partial charge is 0.397 e. The molecule has 2 aromatic rings. The zero-order valence-electron chi connectivity index (χ0n) is 11.3. The van der Waals surface area contributed by atoms with Gasteiger partial charge in [0.25, 0.3) is 5.91 Å². The first-order chi connectivity index (χ1) is 8.99. The molecule has 6 heteroatoms. The van der Waals surface area contributed by atoms with Gasteiger partial charge in [-0.25, -0.2) is 0 Å². The number of hydrogen-bond donors (Lipinski definition) is 2. The number of hydrogen-bond acceptors (Lipinski definition) is 4. The van der Waals surface area contributed by atoms with Gasteiger partial charge < -0.3 is 11.1 Å². The van der Waals surface area contributed by atoms with E-state index in [1.165, 1.54) is 12.4 Å². The van der Waals surface area contributed by atoms with Crippen molar-refractivity contribution >= 4 is 11.6 Å². The van der Waals surface area contributed by atoms with Gasteiger partial charge in [0.15, 0.2) is 0 Å². The molecule has 0 aliphatic rings. The standard InChI is InChI=1S/C13H17N5O/c1-8-12(9(2)18(3)17-8)7-16-13(19)10-4-11(14)6-15-5-10/h4-6H,7,14H2,1-3H3,(H,16,19). The van der Waals surface area contributed by atoms with Gasteiger partial charge in [-0.15, -0.1) is 0 Å². The maximum absolute atomic E-state index is 12.0. The Kier molecular flexibility index (Phi) is 3.50. The maximum Gasteiger partial charge on any atom is 0.253 e. The Labute approximate surface area is 111 Å². The Hall–Kier alpha value is -2.37. The van der Waals surface area contributed by atoms with E-state index in [0.29, 0.717) is 17.8 Å². The van der Waals surface area contributed by atoms with E-state index in [1.807, 2.05) is 20.9 Å². The number of pyridine rings is 1. The highest BCUT2D eigenvalue weighted by atomic mass is 16.1. The predicted octanol–water partition coefficient (Wildman–Crippen LogP) is 0.944. The van der Waals surface area contributed by atoms with E-state index in [1.54, 1.807) is 10.7 Å². The number of aryl methyl sites for hydroxylation is 2. The summed E-state index contributed by atoms with van der Waals surface area (Å²) in [6.45, 7) is 4.35. The molecule has 0 spiro atoms. The van der Waals surface area contributed by atoms with Gasteiger partial charge in [-0.3, -0.25) is 14.5 Å². The van der Waals surface area contributed by atoms with Crippen molar-refractivity contribution in [3.05, 3.63) is 41.0 Å². The lowest BCUT2D eigenvalue weighted by molar-refractivity contribution is 0.0950. The van der Waals surface area contributed by atoms with Gasteiger partial charge in [0.05, 0.1) is 16.9 Å². The second-order valence-corrected chi connectivity index (χ2v) is 4.46. The Morgan fingerprint density at radius 2 is 2.16 bits per heavy atom. The van der Waals surface area contributed by atoms with Crippen molar-refractivity contribution < 1.29 is 4.79 Å². The molecule has 100 valence electrons. The fourth-order valence-corrected chi connectivity index (χ4v) is 1.93. The van der Waals surface area contributed by atoms with Crippen LogP contribution in [0, 0.1) is 13.8 Å². The quantitative estimate of drug-likeness (QED) is 0.859. The molecule has 0 aliphatic carbocycles. The topological polar surface area (TPSA) is 85.8 Å². The number of nitrogens with one attached hydrogen (secondary N) is 1. The third-order valence-corrected chi connectivity index (χ3v) is 3.11. The summed E-state index contributed by atoms with van der Waals surface area (Å²) >= 11 is 0. The summed E-state index contributed by atoms with van der Waals surface area (Å²) in [5, 5.41) is 7.16. The monoisotopic (exact) mass is 259 g/mol. The van der Waals surface area contributed by atoms with Gasteiger partial charge in [-0.05, 0) is 19.9 Å². The van der Waals surface area contributed by atoms with Crippen LogP contribution in [0.2, 0.25) is 0 Å². The van der Waals surface area contributed by atoms with Crippen molar-refractivity contribution in [3.63, 3.8) is 0 Å². The van der Waals surface area contributed by atoms with E-state index in [4.69, 9.17) is 5.73 Å². The molecule has 0 bridgehead atoms. The van der Waals surface area contributed by atoms with E-state index >= 15 is 0 Å². The van der Waals surface area contributed by atoms with Crippen LogP contribution in [0.1, 0.15) is 27.3 Å². The second-order valence-electron chi connectivity index (χ2n) is 4.46. The molecule has 19 heavy (non-hydrogen) atoms. The normalized spacial score (nSPS) is 10.5. The number of anilines is 1. The predicted molar refractivity (Wildman–Crippen MR) is 72.5 cm³/mol. The molecule has 0 unspecified atom stereocenters. The Bertz CT molecular complexity index is 617. The average Bonchev–Trinajstić information content (AvgIpc) is 2.61. The van der Waals surface area contributed by atoms with Crippen LogP contribution < -0.4 is 11.1 Å². The summed E-state index contributed by atoms with van der Waals surface area (Å²) < 4.78 is 1.80. The molecule has 0 aromatic carbocycles. The SMILES string of the molecule is Cc1nn(C)c(C)c1CNC(=O)c1cncc(N)c1. The summed E-state index contributed by atoms with van der Waals surface area (Å²) in [5.41, 5.74) is 9.53. The van der Waals surface area contributed by atoms with Gasteiger partial charge in [-0.2, -0.15) is 5.10 Å². The van der Waals surface area contributed by atoms with Crippen LogP contribution in [-0.2, 0) is 13.6 Å². The lowest BCUT2D eigenvalue weighted by Gasteiger charge is -2.06. The van der Waals surface area contributed by atoms with Gasteiger partial charge >= 0.3 is 0 Å². The van der Waals surface area contributed by atoms with Gasteiger partial charge in [0, 0.05) is 37.2 Å². The number of nitrogens with two attached hydrogens (primary N) is 1. The Balaban J connectivity index is 2.09. The summed E-state index contributed by atoms with van der Waals surface area (Å²) in [7, 11) is 1.88. The third kappa shape index (κ3) is 2.73.